The fraction of sp³-hybridized carbons (Fsp3) is 0.400. The van der Waals surface area contributed by atoms with Gasteiger partial charge in [-0.05, 0) is 68.8 Å². The average Bonchev–Trinajstić information content (AvgIpc) is 2.53. The van der Waals surface area contributed by atoms with Gasteiger partial charge in [0.25, 0.3) is 0 Å². The lowest BCUT2D eigenvalue weighted by Gasteiger charge is -2.14. The van der Waals surface area contributed by atoms with Crippen LogP contribution in [0.4, 0.5) is 0 Å². The van der Waals surface area contributed by atoms with E-state index in [0.29, 0.717) is 19.8 Å². The molecular formula is C20H27NO3. The van der Waals surface area contributed by atoms with Crippen LogP contribution in [0.25, 0.3) is 0 Å². The first-order valence-electron chi connectivity index (χ1n) is 8.36. The van der Waals surface area contributed by atoms with E-state index in [2.05, 4.69) is 25.2 Å². The zero-order chi connectivity index (χ0) is 17.4. The van der Waals surface area contributed by atoms with Crippen molar-refractivity contribution in [2.24, 2.45) is 0 Å². The summed E-state index contributed by atoms with van der Waals surface area (Å²) in [6.07, 6.45) is 0. The standard InChI is InChI=1S/C20H27NO3/c1-5-22-20-13-17(14-21-4)6-7-19(20)24-9-8-23-18-11-15(2)10-16(3)12-18/h6-7,10-13,21H,5,8-9,14H2,1-4H3. The lowest BCUT2D eigenvalue weighted by molar-refractivity contribution is 0.208. The Balaban J connectivity index is 1.91. The van der Waals surface area contributed by atoms with Gasteiger partial charge in [0.1, 0.15) is 19.0 Å². The highest BCUT2D eigenvalue weighted by Gasteiger charge is 2.07. The molecule has 0 saturated carbocycles. The monoisotopic (exact) mass is 329 g/mol. The molecule has 2 aromatic rings. The van der Waals surface area contributed by atoms with Gasteiger partial charge in [-0.15, -0.1) is 0 Å². The van der Waals surface area contributed by atoms with E-state index in [9.17, 15) is 0 Å². The van der Waals surface area contributed by atoms with Crippen molar-refractivity contribution in [2.45, 2.75) is 27.3 Å². The highest BCUT2D eigenvalue weighted by atomic mass is 16.5. The minimum absolute atomic E-state index is 0.471. The van der Waals surface area contributed by atoms with Crippen LogP contribution in [0, 0.1) is 13.8 Å². The van der Waals surface area contributed by atoms with Crippen molar-refractivity contribution < 1.29 is 14.2 Å². The van der Waals surface area contributed by atoms with Gasteiger partial charge in [0.15, 0.2) is 11.5 Å². The van der Waals surface area contributed by atoms with Crippen LogP contribution >= 0.6 is 0 Å². The number of rotatable bonds is 9. The summed E-state index contributed by atoms with van der Waals surface area (Å²) in [6, 6.07) is 12.2. The highest BCUT2D eigenvalue weighted by Crippen LogP contribution is 2.28. The van der Waals surface area contributed by atoms with Gasteiger partial charge >= 0.3 is 0 Å². The topological polar surface area (TPSA) is 39.7 Å². The molecule has 24 heavy (non-hydrogen) atoms. The van der Waals surface area contributed by atoms with E-state index in [-0.39, 0.29) is 0 Å². The van der Waals surface area contributed by atoms with E-state index in [1.807, 2.05) is 44.3 Å². The highest BCUT2D eigenvalue weighted by molar-refractivity contribution is 5.43. The third kappa shape index (κ3) is 5.46. The second-order valence-electron chi connectivity index (χ2n) is 5.76. The van der Waals surface area contributed by atoms with Crippen molar-refractivity contribution in [3.05, 3.63) is 53.1 Å². The van der Waals surface area contributed by atoms with E-state index < -0.39 is 0 Å². The van der Waals surface area contributed by atoms with E-state index in [0.717, 1.165) is 23.8 Å². The van der Waals surface area contributed by atoms with Crippen LogP contribution in [-0.2, 0) is 6.54 Å². The Hall–Kier alpha value is -2.20. The molecule has 0 fully saturated rings. The van der Waals surface area contributed by atoms with E-state index in [1.165, 1.54) is 16.7 Å². The molecule has 1 N–H and O–H groups in total. The van der Waals surface area contributed by atoms with Crippen LogP contribution in [0.1, 0.15) is 23.6 Å². The van der Waals surface area contributed by atoms with Crippen molar-refractivity contribution in [3.8, 4) is 17.2 Å². The second-order valence-corrected chi connectivity index (χ2v) is 5.76. The summed E-state index contributed by atoms with van der Waals surface area (Å²) in [6.45, 7) is 8.48. The van der Waals surface area contributed by atoms with Crippen molar-refractivity contribution in [1.82, 2.24) is 5.32 Å². The third-order valence-corrected chi connectivity index (χ3v) is 3.49. The minimum Gasteiger partial charge on any atom is -0.490 e. The Kier molecular flexibility index (Phi) is 6.94. The Morgan fingerprint density at radius 3 is 2.21 bits per heavy atom. The van der Waals surface area contributed by atoms with Gasteiger partial charge in [-0.1, -0.05) is 12.1 Å². The maximum atomic E-state index is 5.83. The molecule has 130 valence electrons. The zero-order valence-corrected chi connectivity index (χ0v) is 15.0. The molecule has 2 aromatic carbocycles. The number of hydrogen-bond donors (Lipinski definition) is 1. The van der Waals surface area contributed by atoms with Gasteiger partial charge < -0.3 is 19.5 Å². The quantitative estimate of drug-likeness (QED) is 0.709. The molecule has 0 aromatic heterocycles. The largest absolute Gasteiger partial charge is 0.490 e. The Labute approximate surface area is 144 Å². The first kappa shape index (κ1) is 18.1. The molecule has 4 heteroatoms. The van der Waals surface area contributed by atoms with Gasteiger partial charge in [-0.3, -0.25) is 0 Å². The molecule has 0 amide bonds. The predicted molar refractivity (Wildman–Crippen MR) is 97.3 cm³/mol. The van der Waals surface area contributed by atoms with E-state index in [4.69, 9.17) is 14.2 Å². The molecule has 0 aliphatic carbocycles. The van der Waals surface area contributed by atoms with Gasteiger partial charge in [-0.2, -0.15) is 0 Å². The van der Waals surface area contributed by atoms with Crippen molar-refractivity contribution in [3.63, 3.8) is 0 Å². The molecule has 0 heterocycles. The number of benzene rings is 2. The van der Waals surface area contributed by atoms with Crippen LogP contribution in [0.2, 0.25) is 0 Å². The molecule has 2 rings (SSSR count). The molecule has 0 atom stereocenters. The Morgan fingerprint density at radius 1 is 0.833 bits per heavy atom. The predicted octanol–water partition coefficient (Wildman–Crippen LogP) is 3.88. The summed E-state index contributed by atoms with van der Waals surface area (Å²) in [5, 5.41) is 3.14. The van der Waals surface area contributed by atoms with Crippen LogP contribution in [0.5, 0.6) is 17.2 Å². The lowest BCUT2D eigenvalue weighted by Crippen LogP contribution is -2.11. The fourth-order valence-corrected chi connectivity index (χ4v) is 2.58. The summed E-state index contributed by atoms with van der Waals surface area (Å²) in [4.78, 5) is 0. The molecule has 0 radical (unpaired) electrons. The molecule has 4 nitrogen and oxygen atoms in total. The normalized spacial score (nSPS) is 10.5. The van der Waals surface area contributed by atoms with Crippen LogP contribution in [-0.4, -0.2) is 26.9 Å². The van der Waals surface area contributed by atoms with Gasteiger partial charge in [0, 0.05) is 6.54 Å². The van der Waals surface area contributed by atoms with Crippen LogP contribution < -0.4 is 19.5 Å². The van der Waals surface area contributed by atoms with Crippen molar-refractivity contribution in [1.29, 1.82) is 0 Å². The van der Waals surface area contributed by atoms with E-state index >= 15 is 0 Å². The Morgan fingerprint density at radius 2 is 1.54 bits per heavy atom. The van der Waals surface area contributed by atoms with Crippen molar-refractivity contribution in [2.75, 3.05) is 26.9 Å². The summed E-state index contributed by atoms with van der Waals surface area (Å²) in [5.41, 5.74) is 3.56. The van der Waals surface area contributed by atoms with Crippen LogP contribution in [0.3, 0.4) is 0 Å². The number of nitrogens with one attached hydrogen (secondary N) is 1. The number of ether oxygens (including phenoxy) is 3. The van der Waals surface area contributed by atoms with Gasteiger partial charge in [-0.25, -0.2) is 0 Å². The van der Waals surface area contributed by atoms with Crippen LogP contribution in [0.15, 0.2) is 36.4 Å². The third-order valence-electron chi connectivity index (χ3n) is 3.49. The summed E-state index contributed by atoms with van der Waals surface area (Å²) < 4.78 is 17.3. The zero-order valence-electron chi connectivity index (χ0n) is 15.0. The molecule has 0 unspecified atom stereocenters. The number of hydrogen-bond acceptors (Lipinski definition) is 4. The minimum atomic E-state index is 0.471. The van der Waals surface area contributed by atoms with Crippen molar-refractivity contribution >= 4 is 0 Å². The maximum Gasteiger partial charge on any atom is 0.161 e. The number of aryl methyl sites for hydroxylation is 2. The van der Waals surface area contributed by atoms with Gasteiger partial charge in [0.05, 0.1) is 6.61 Å². The molecule has 0 aliphatic heterocycles. The average molecular weight is 329 g/mol. The smallest absolute Gasteiger partial charge is 0.161 e. The molecule has 0 aliphatic rings. The van der Waals surface area contributed by atoms with Gasteiger partial charge in [0.2, 0.25) is 0 Å². The SMILES string of the molecule is CCOc1cc(CNC)ccc1OCCOc1cc(C)cc(C)c1. The summed E-state index contributed by atoms with van der Waals surface area (Å²) in [5.74, 6) is 2.41. The van der Waals surface area contributed by atoms with E-state index in [1.54, 1.807) is 0 Å². The molecule has 0 saturated heterocycles. The molecule has 0 spiro atoms. The fourth-order valence-electron chi connectivity index (χ4n) is 2.58. The second kappa shape index (κ2) is 9.18. The molecular weight excluding hydrogens is 302 g/mol. The molecule has 0 bridgehead atoms. The Bertz CT molecular complexity index is 635. The first-order valence-corrected chi connectivity index (χ1v) is 8.36. The lowest BCUT2D eigenvalue weighted by atomic mass is 10.1. The maximum absolute atomic E-state index is 5.83. The summed E-state index contributed by atoms with van der Waals surface area (Å²) >= 11 is 0. The summed E-state index contributed by atoms with van der Waals surface area (Å²) in [7, 11) is 1.93. The first-order chi connectivity index (χ1) is 11.6.